The Hall–Kier alpha value is -1.35. The molecule has 1 aliphatic heterocycles. The monoisotopic (exact) mass is 279 g/mol. The number of carbonyl (C=O) groups is 2. The molecule has 0 aromatic heterocycles. The molecule has 0 bridgehead atoms. The number of fused-ring (bicyclic) bond motifs is 1. The summed E-state index contributed by atoms with van der Waals surface area (Å²) in [5, 5.41) is -0.519. The highest BCUT2D eigenvalue weighted by atomic mass is 35.5. The van der Waals surface area contributed by atoms with Gasteiger partial charge in [-0.25, -0.2) is 0 Å². The SMILES string of the molecule is CCC(=O)N1CCCc2cc(C(=O)C(C)Cl)ccc21. The van der Waals surface area contributed by atoms with Gasteiger partial charge in [0.2, 0.25) is 5.91 Å². The highest BCUT2D eigenvalue weighted by Gasteiger charge is 2.23. The molecule has 1 unspecified atom stereocenters. The van der Waals surface area contributed by atoms with Gasteiger partial charge in [0, 0.05) is 24.2 Å². The second-order valence-corrected chi connectivity index (χ2v) is 5.48. The summed E-state index contributed by atoms with van der Waals surface area (Å²) in [5.41, 5.74) is 2.64. The van der Waals surface area contributed by atoms with Crippen LogP contribution in [0.2, 0.25) is 0 Å². The van der Waals surface area contributed by atoms with Gasteiger partial charge in [-0.1, -0.05) is 6.92 Å². The molecular formula is C15H18ClNO2. The third-order valence-electron chi connectivity index (χ3n) is 3.45. The average Bonchev–Trinajstić information content (AvgIpc) is 2.44. The highest BCUT2D eigenvalue weighted by molar-refractivity contribution is 6.33. The van der Waals surface area contributed by atoms with Gasteiger partial charge >= 0.3 is 0 Å². The van der Waals surface area contributed by atoms with Gasteiger partial charge in [0.05, 0.1) is 5.38 Å². The number of hydrogen-bond donors (Lipinski definition) is 0. The number of ketones is 1. The van der Waals surface area contributed by atoms with Crippen molar-refractivity contribution < 1.29 is 9.59 Å². The molecule has 102 valence electrons. The third-order valence-corrected chi connectivity index (χ3v) is 3.65. The first-order valence-corrected chi connectivity index (χ1v) is 7.09. The van der Waals surface area contributed by atoms with Crippen molar-refractivity contribution in [2.75, 3.05) is 11.4 Å². The van der Waals surface area contributed by atoms with Gasteiger partial charge < -0.3 is 4.90 Å². The Morgan fingerprint density at radius 1 is 1.42 bits per heavy atom. The van der Waals surface area contributed by atoms with Crippen molar-refractivity contribution in [3.63, 3.8) is 0 Å². The predicted molar refractivity (Wildman–Crippen MR) is 77.1 cm³/mol. The van der Waals surface area contributed by atoms with E-state index in [2.05, 4.69) is 0 Å². The maximum atomic E-state index is 11.9. The smallest absolute Gasteiger partial charge is 0.226 e. The van der Waals surface area contributed by atoms with Crippen molar-refractivity contribution >= 4 is 29.0 Å². The van der Waals surface area contributed by atoms with Crippen LogP contribution in [0.4, 0.5) is 5.69 Å². The molecule has 1 amide bonds. The van der Waals surface area contributed by atoms with Crippen LogP contribution in [0.3, 0.4) is 0 Å². The molecule has 1 aromatic carbocycles. The number of nitrogens with zero attached hydrogens (tertiary/aromatic N) is 1. The van der Waals surface area contributed by atoms with E-state index in [0.29, 0.717) is 12.0 Å². The molecule has 0 fully saturated rings. The van der Waals surface area contributed by atoms with Gasteiger partial charge in [-0.3, -0.25) is 9.59 Å². The average molecular weight is 280 g/mol. The number of Topliss-reactive ketones (excluding diaryl/α,β-unsaturated/α-hetero) is 1. The minimum Gasteiger partial charge on any atom is -0.312 e. The fourth-order valence-electron chi connectivity index (χ4n) is 2.43. The molecule has 0 radical (unpaired) electrons. The molecule has 0 aliphatic carbocycles. The van der Waals surface area contributed by atoms with Crippen molar-refractivity contribution in [1.29, 1.82) is 0 Å². The van der Waals surface area contributed by atoms with E-state index in [1.54, 1.807) is 13.0 Å². The van der Waals surface area contributed by atoms with E-state index in [-0.39, 0.29) is 11.7 Å². The van der Waals surface area contributed by atoms with E-state index in [1.165, 1.54) is 0 Å². The maximum absolute atomic E-state index is 11.9. The molecular weight excluding hydrogens is 262 g/mol. The molecule has 0 N–H and O–H groups in total. The lowest BCUT2D eigenvalue weighted by molar-refractivity contribution is -0.118. The standard InChI is InChI=1S/C15H18ClNO2/c1-3-14(18)17-8-4-5-11-9-12(6-7-13(11)17)15(19)10(2)16/h6-7,9-10H,3-5,8H2,1-2H3. The Labute approximate surface area is 118 Å². The first-order valence-electron chi connectivity index (χ1n) is 6.66. The van der Waals surface area contributed by atoms with Crippen LogP contribution in [-0.2, 0) is 11.2 Å². The summed E-state index contributed by atoms with van der Waals surface area (Å²) in [7, 11) is 0. The fourth-order valence-corrected chi connectivity index (χ4v) is 2.56. The molecule has 1 heterocycles. The van der Waals surface area contributed by atoms with Crippen LogP contribution in [0.5, 0.6) is 0 Å². The lowest BCUT2D eigenvalue weighted by Crippen LogP contribution is -2.35. The third kappa shape index (κ3) is 2.81. The molecule has 19 heavy (non-hydrogen) atoms. The normalized spacial score (nSPS) is 15.8. The van der Waals surface area contributed by atoms with Crippen LogP contribution in [0.15, 0.2) is 18.2 Å². The van der Waals surface area contributed by atoms with E-state index in [4.69, 9.17) is 11.6 Å². The number of rotatable bonds is 3. The number of amides is 1. The van der Waals surface area contributed by atoms with Crippen LogP contribution < -0.4 is 4.90 Å². The zero-order chi connectivity index (χ0) is 14.0. The van der Waals surface area contributed by atoms with Gasteiger partial charge in [-0.2, -0.15) is 0 Å². The van der Waals surface area contributed by atoms with E-state index in [0.717, 1.165) is 30.6 Å². The Balaban J connectivity index is 2.36. The van der Waals surface area contributed by atoms with Crippen molar-refractivity contribution in [1.82, 2.24) is 0 Å². The van der Waals surface area contributed by atoms with Gasteiger partial charge in [-0.15, -0.1) is 11.6 Å². The topological polar surface area (TPSA) is 37.4 Å². The summed E-state index contributed by atoms with van der Waals surface area (Å²) in [6, 6.07) is 5.52. The summed E-state index contributed by atoms with van der Waals surface area (Å²) in [4.78, 5) is 25.6. The zero-order valence-electron chi connectivity index (χ0n) is 11.3. The number of anilines is 1. The van der Waals surface area contributed by atoms with Gasteiger partial charge in [0.1, 0.15) is 0 Å². The van der Waals surface area contributed by atoms with Gasteiger partial charge in [-0.05, 0) is 43.5 Å². The quantitative estimate of drug-likeness (QED) is 0.629. The highest BCUT2D eigenvalue weighted by Crippen LogP contribution is 2.29. The Bertz CT molecular complexity index is 511. The number of hydrogen-bond acceptors (Lipinski definition) is 2. The van der Waals surface area contributed by atoms with Crippen LogP contribution in [0.25, 0.3) is 0 Å². The number of benzene rings is 1. The summed E-state index contributed by atoms with van der Waals surface area (Å²) < 4.78 is 0. The molecule has 1 aliphatic rings. The number of alkyl halides is 1. The minimum atomic E-state index is -0.519. The van der Waals surface area contributed by atoms with Crippen molar-refractivity contribution in [2.45, 2.75) is 38.5 Å². The first kappa shape index (κ1) is 14.1. The van der Waals surface area contributed by atoms with E-state index in [9.17, 15) is 9.59 Å². The predicted octanol–water partition coefficient (Wildman–Crippen LogP) is 3.19. The minimum absolute atomic E-state index is 0.0663. The number of aryl methyl sites for hydroxylation is 1. The largest absolute Gasteiger partial charge is 0.312 e. The Morgan fingerprint density at radius 2 is 2.16 bits per heavy atom. The van der Waals surface area contributed by atoms with E-state index >= 15 is 0 Å². The van der Waals surface area contributed by atoms with Crippen LogP contribution in [-0.4, -0.2) is 23.6 Å². The molecule has 0 spiro atoms. The Morgan fingerprint density at radius 3 is 2.79 bits per heavy atom. The molecule has 0 saturated carbocycles. The Kier molecular flexibility index (Phi) is 4.25. The summed E-state index contributed by atoms with van der Waals surface area (Å²) in [5.74, 6) is 0.0640. The van der Waals surface area contributed by atoms with Gasteiger partial charge in [0.15, 0.2) is 5.78 Å². The van der Waals surface area contributed by atoms with Crippen molar-refractivity contribution in [3.8, 4) is 0 Å². The lowest BCUT2D eigenvalue weighted by Gasteiger charge is -2.29. The van der Waals surface area contributed by atoms with E-state index in [1.807, 2.05) is 24.0 Å². The van der Waals surface area contributed by atoms with Crippen LogP contribution >= 0.6 is 11.6 Å². The molecule has 4 heteroatoms. The van der Waals surface area contributed by atoms with Gasteiger partial charge in [0.25, 0.3) is 0 Å². The molecule has 3 nitrogen and oxygen atoms in total. The number of halogens is 1. The second kappa shape index (κ2) is 5.74. The van der Waals surface area contributed by atoms with Crippen molar-refractivity contribution in [3.05, 3.63) is 29.3 Å². The summed E-state index contributed by atoms with van der Waals surface area (Å²) in [6.07, 6.45) is 2.34. The zero-order valence-corrected chi connectivity index (χ0v) is 12.0. The fraction of sp³-hybridized carbons (Fsp3) is 0.467. The number of carbonyl (C=O) groups excluding carboxylic acids is 2. The summed E-state index contributed by atoms with van der Waals surface area (Å²) in [6.45, 7) is 4.30. The second-order valence-electron chi connectivity index (χ2n) is 4.83. The molecule has 0 saturated heterocycles. The van der Waals surface area contributed by atoms with Crippen LogP contribution in [0.1, 0.15) is 42.6 Å². The summed E-state index contributed by atoms with van der Waals surface area (Å²) >= 11 is 5.83. The first-order chi connectivity index (χ1) is 9.04. The lowest BCUT2D eigenvalue weighted by atomic mass is 9.97. The van der Waals surface area contributed by atoms with Crippen molar-refractivity contribution in [2.24, 2.45) is 0 Å². The maximum Gasteiger partial charge on any atom is 0.226 e. The molecule has 1 aromatic rings. The molecule has 2 rings (SSSR count). The molecule has 1 atom stereocenters. The van der Waals surface area contributed by atoms with Crippen LogP contribution in [0, 0.1) is 0 Å². The van der Waals surface area contributed by atoms with E-state index < -0.39 is 5.38 Å².